The van der Waals surface area contributed by atoms with Gasteiger partial charge in [0, 0.05) is 28.1 Å². The summed E-state index contributed by atoms with van der Waals surface area (Å²) >= 11 is 0. The summed E-state index contributed by atoms with van der Waals surface area (Å²) in [6.45, 7) is 12.0. The van der Waals surface area contributed by atoms with Gasteiger partial charge >= 0.3 is 12.2 Å². The third-order valence-electron chi connectivity index (χ3n) is 5.39. The molecule has 1 saturated carbocycles. The van der Waals surface area contributed by atoms with Crippen LogP contribution in [0.25, 0.3) is 0 Å². The molecule has 1 aliphatic carbocycles. The van der Waals surface area contributed by atoms with E-state index >= 15 is 4.39 Å². The maximum Gasteiger partial charge on any atom is 0.408 e. The summed E-state index contributed by atoms with van der Waals surface area (Å²) in [4.78, 5) is 25.4. The zero-order valence-corrected chi connectivity index (χ0v) is 20.4. The Labute approximate surface area is 176 Å². The fraction of sp³-hybridized carbons (Fsp3) is 0.905. The monoisotopic (exact) mass is 432 g/mol. The summed E-state index contributed by atoms with van der Waals surface area (Å²) in [7, 11) is -0.0473. The Bertz CT molecular complexity index is 568. The van der Waals surface area contributed by atoms with Crippen molar-refractivity contribution in [2.75, 3.05) is 13.6 Å². The summed E-state index contributed by atoms with van der Waals surface area (Å²) in [6.07, 6.45) is 2.50. The van der Waals surface area contributed by atoms with Gasteiger partial charge in [0.1, 0.15) is 11.3 Å². The molecule has 0 bridgehead atoms. The Hall–Kier alpha value is -1.31. The van der Waals surface area contributed by atoms with Crippen molar-refractivity contribution >= 4 is 20.3 Å². The van der Waals surface area contributed by atoms with E-state index in [0.29, 0.717) is 19.3 Å². The standard InChI is InChI=1S/C21H41FN2O4Si/c1-19(2,3)28-17(25)23-21(13-14-29(5,6)7,16-24(4)18(26)27)15-20(22)11-9-8-10-12-20/h8-16H2,1-7H3,(H,23,25)(H,26,27)/t21-/m0/s1. The van der Waals surface area contributed by atoms with Crippen LogP contribution in [0, 0.1) is 0 Å². The Morgan fingerprint density at radius 2 is 1.72 bits per heavy atom. The van der Waals surface area contributed by atoms with E-state index in [1.165, 1.54) is 7.05 Å². The smallest absolute Gasteiger partial charge is 0.408 e. The number of alkyl halides is 1. The molecule has 170 valence electrons. The van der Waals surface area contributed by atoms with Crippen molar-refractivity contribution in [2.45, 2.75) is 108 Å². The minimum Gasteiger partial charge on any atom is -0.465 e. The summed E-state index contributed by atoms with van der Waals surface area (Å²) in [5, 5.41) is 12.4. The topological polar surface area (TPSA) is 78.9 Å². The highest BCUT2D eigenvalue weighted by atomic mass is 28.3. The van der Waals surface area contributed by atoms with Crippen molar-refractivity contribution < 1.29 is 23.8 Å². The number of ether oxygens (including phenoxy) is 1. The van der Waals surface area contributed by atoms with E-state index in [1.807, 2.05) is 0 Å². The predicted molar refractivity (Wildman–Crippen MR) is 117 cm³/mol. The molecule has 0 aromatic rings. The van der Waals surface area contributed by atoms with Gasteiger partial charge in [-0.1, -0.05) is 44.9 Å². The number of halogens is 1. The van der Waals surface area contributed by atoms with E-state index in [9.17, 15) is 14.7 Å². The molecule has 0 unspecified atom stereocenters. The normalized spacial score (nSPS) is 19.2. The largest absolute Gasteiger partial charge is 0.465 e. The first kappa shape index (κ1) is 25.7. The molecule has 1 fully saturated rings. The third-order valence-corrected chi connectivity index (χ3v) is 7.14. The number of hydrogen-bond acceptors (Lipinski definition) is 3. The van der Waals surface area contributed by atoms with Crippen LogP contribution < -0.4 is 5.32 Å². The van der Waals surface area contributed by atoms with Crippen molar-refractivity contribution in [3.63, 3.8) is 0 Å². The molecule has 29 heavy (non-hydrogen) atoms. The lowest BCUT2D eigenvalue weighted by Gasteiger charge is -2.44. The molecular formula is C21H41FN2O4Si. The van der Waals surface area contributed by atoms with E-state index in [1.54, 1.807) is 20.8 Å². The molecule has 0 aromatic carbocycles. The average Bonchev–Trinajstić information content (AvgIpc) is 2.50. The van der Waals surface area contributed by atoms with E-state index in [2.05, 4.69) is 25.0 Å². The van der Waals surface area contributed by atoms with Gasteiger partial charge in [-0.25, -0.2) is 14.0 Å². The second kappa shape index (κ2) is 9.66. The van der Waals surface area contributed by atoms with Crippen LogP contribution in [0.2, 0.25) is 25.7 Å². The second-order valence-corrected chi connectivity index (χ2v) is 16.6. The highest BCUT2D eigenvalue weighted by Gasteiger charge is 2.45. The SMILES string of the molecule is CN(C[C@](CC[Si](C)(C)C)(CC1(F)CCCCC1)NC(=O)OC(C)(C)C)C(=O)O. The zero-order chi connectivity index (χ0) is 22.5. The van der Waals surface area contributed by atoms with Gasteiger partial charge in [0.15, 0.2) is 0 Å². The molecule has 0 spiro atoms. The highest BCUT2D eigenvalue weighted by Crippen LogP contribution is 2.40. The number of amides is 2. The molecule has 8 heteroatoms. The number of carbonyl (C=O) groups excluding carboxylic acids is 1. The van der Waals surface area contributed by atoms with E-state index in [4.69, 9.17) is 4.74 Å². The number of nitrogens with one attached hydrogen (secondary N) is 1. The van der Waals surface area contributed by atoms with Crippen molar-refractivity contribution in [1.29, 1.82) is 0 Å². The molecule has 0 saturated heterocycles. The average molecular weight is 433 g/mol. The number of rotatable bonds is 8. The number of carbonyl (C=O) groups is 2. The van der Waals surface area contributed by atoms with Gasteiger partial charge in [0.25, 0.3) is 0 Å². The number of alkyl carbamates (subject to hydrolysis) is 1. The number of carboxylic acid groups (broad SMARTS) is 1. The minimum absolute atomic E-state index is 0.0394. The lowest BCUT2D eigenvalue weighted by atomic mass is 9.75. The molecule has 1 atom stereocenters. The van der Waals surface area contributed by atoms with Crippen LogP contribution in [0.15, 0.2) is 0 Å². The first-order valence-electron chi connectivity index (χ1n) is 10.7. The Kier molecular flexibility index (Phi) is 8.57. The molecule has 1 rings (SSSR count). The Morgan fingerprint density at radius 3 is 2.17 bits per heavy atom. The van der Waals surface area contributed by atoms with Gasteiger partial charge in [-0.2, -0.15) is 0 Å². The van der Waals surface area contributed by atoms with Crippen LogP contribution in [0.4, 0.5) is 14.0 Å². The first-order valence-corrected chi connectivity index (χ1v) is 14.4. The van der Waals surface area contributed by atoms with Crippen LogP contribution in [-0.4, -0.2) is 60.7 Å². The molecule has 1 aliphatic rings. The van der Waals surface area contributed by atoms with E-state index in [0.717, 1.165) is 30.2 Å². The van der Waals surface area contributed by atoms with Crippen LogP contribution in [-0.2, 0) is 4.74 Å². The first-order chi connectivity index (χ1) is 13.0. The Balaban J connectivity index is 3.23. The van der Waals surface area contributed by atoms with Crippen LogP contribution in [0.3, 0.4) is 0 Å². The lowest BCUT2D eigenvalue weighted by Crippen LogP contribution is -2.60. The van der Waals surface area contributed by atoms with Crippen LogP contribution in [0.5, 0.6) is 0 Å². The fourth-order valence-electron chi connectivity index (χ4n) is 3.99. The minimum atomic E-state index is -1.51. The molecule has 0 radical (unpaired) electrons. The molecule has 2 amide bonds. The lowest BCUT2D eigenvalue weighted by molar-refractivity contribution is 0.0206. The molecular weight excluding hydrogens is 391 g/mol. The number of likely N-dealkylation sites (N-methyl/N-ethyl adjacent to an activating group) is 1. The predicted octanol–water partition coefficient (Wildman–Crippen LogP) is 5.65. The van der Waals surface area contributed by atoms with Crippen molar-refractivity contribution in [2.24, 2.45) is 0 Å². The van der Waals surface area contributed by atoms with Crippen LogP contribution >= 0.6 is 0 Å². The summed E-state index contributed by atoms with van der Waals surface area (Å²) in [6, 6.07) is 0.854. The van der Waals surface area contributed by atoms with Gasteiger partial charge in [-0.15, -0.1) is 0 Å². The van der Waals surface area contributed by atoms with Gasteiger partial charge in [-0.05, 0) is 40.0 Å². The van der Waals surface area contributed by atoms with E-state index in [-0.39, 0.29) is 13.0 Å². The number of nitrogens with zero attached hydrogens (tertiary/aromatic N) is 1. The van der Waals surface area contributed by atoms with Crippen molar-refractivity contribution in [1.82, 2.24) is 10.2 Å². The van der Waals surface area contributed by atoms with Gasteiger partial charge in [0.2, 0.25) is 0 Å². The van der Waals surface area contributed by atoms with Gasteiger partial charge < -0.3 is 20.1 Å². The second-order valence-electron chi connectivity index (χ2n) is 11.0. The maximum absolute atomic E-state index is 15.8. The summed E-state index contributed by atoms with van der Waals surface area (Å²) in [5.41, 5.74) is -3.08. The Morgan fingerprint density at radius 1 is 1.17 bits per heavy atom. The summed E-state index contributed by atoms with van der Waals surface area (Å²) < 4.78 is 21.2. The third kappa shape index (κ3) is 9.82. The number of hydrogen-bond donors (Lipinski definition) is 2. The quantitative estimate of drug-likeness (QED) is 0.486. The molecule has 0 aromatic heterocycles. The van der Waals surface area contributed by atoms with Crippen molar-refractivity contribution in [3.05, 3.63) is 0 Å². The highest BCUT2D eigenvalue weighted by molar-refractivity contribution is 6.76. The fourth-order valence-corrected chi connectivity index (χ4v) is 5.22. The van der Waals surface area contributed by atoms with Gasteiger partial charge in [0.05, 0.1) is 5.54 Å². The van der Waals surface area contributed by atoms with Crippen LogP contribution in [0.1, 0.15) is 65.7 Å². The summed E-state index contributed by atoms with van der Waals surface area (Å²) in [5.74, 6) is 0. The van der Waals surface area contributed by atoms with E-state index < -0.39 is 37.1 Å². The maximum atomic E-state index is 15.8. The van der Waals surface area contributed by atoms with Gasteiger partial charge in [-0.3, -0.25) is 0 Å². The molecule has 6 nitrogen and oxygen atoms in total. The zero-order valence-electron chi connectivity index (χ0n) is 19.4. The molecule has 0 heterocycles. The van der Waals surface area contributed by atoms with Crippen molar-refractivity contribution in [3.8, 4) is 0 Å². The molecule has 0 aliphatic heterocycles. The molecule has 2 N–H and O–H groups in total.